The molecular formula is C22H20F2N4O2. The molecule has 4 rings (SSSR count). The Hall–Kier alpha value is -3.55. The number of rotatable bonds is 6. The third kappa shape index (κ3) is 4.07. The van der Waals surface area contributed by atoms with Gasteiger partial charge in [0.05, 0.1) is 29.0 Å². The van der Waals surface area contributed by atoms with Gasteiger partial charge in [0, 0.05) is 23.9 Å². The summed E-state index contributed by atoms with van der Waals surface area (Å²) in [7, 11) is 0. The Morgan fingerprint density at radius 2 is 2.03 bits per heavy atom. The maximum atomic E-state index is 13.0. The average molecular weight is 410 g/mol. The summed E-state index contributed by atoms with van der Waals surface area (Å²) in [5, 5.41) is 8.60. The van der Waals surface area contributed by atoms with E-state index in [1.807, 2.05) is 47.1 Å². The van der Waals surface area contributed by atoms with Crippen LogP contribution in [0.3, 0.4) is 0 Å². The lowest BCUT2D eigenvalue weighted by Gasteiger charge is -2.17. The van der Waals surface area contributed by atoms with Crippen LogP contribution in [0.25, 0.3) is 27.5 Å². The summed E-state index contributed by atoms with van der Waals surface area (Å²) in [4.78, 5) is 15.7. The number of carbonyl (C=O) groups is 1. The zero-order valence-electron chi connectivity index (χ0n) is 16.5. The fourth-order valence-corrected chi connectivity index (χ4v) is 3.11. The van der Waals surface area contributed by atoms with Crippen molar-refractivity contribution in [1.82, 2.24) is 20.1 Å². The zero-order valence-corrected chi connectivity index (χ0v) is 16.5. The number of alkyl halides is 2. The van der Waals surface area contributed by atoms with Crippen LogP contribution in [0.1, 0.15) is 13.8 Å². The number of carbonyl (C=O) groups excluding carboxylic acids is 1. The van der Waals surface area contributed by atoms with E-state index in [0.717, 1.165) is 27.5 Å². The molecule has 2 aromatic carbocycles. The third-order valence-electron chi connectivity index (χ3n) is 4.65. The van der Waals surface area contributed by atoms with Crippen LogP contribution in [0.2, 0.25) is 0 Å². The molecule has 0 spiro atoms. The third-order valence-corrected chi connectivity index (χ3v) is 4.65. The number of nitrogens with one attached hydrogen (secondary N) is 1. The Balaban J connectivity index is 1.50. The molecule has 8 heteroatoms. The van der Waals surface area contributed by atoms with Crippen molar-refractivity contribution in [2.75, 3.05) is 6.61 Å². The molecular weight excluding hydrogens is 390 g/mol. The van der Waals surface area contributed by atoms with Gasteiger partial charge in [0.1, 0.15) is 12.4 Å². The quantitative estimate of drug-likeness (QED) is 0.519. The molecule has 0 aliphatic rings. The molecule has 6 nitrogen and oxygen atoms in total. The van der Waals surface area contributed by atoms with Crippen molar-refractivity contribution in [3.05, 3.63) is 60.9 Å². The molecule has 1 atom stereocenters. The summed E-state index contributed by atoms with van der Waals surface area (Å²) < 4.78 is 33.4. The average Bonchev–Trinajstić information content (AvgIpc) is 3.14. The summed E-state index contributed by atoms with van der Waals surface area (Å²) in [5.41, 5.74) is 2.73. The fraction of sp³-hybridized carbons (Fsp3) is 0.227. The number of halogens is 2. The van der Waals surface area contributed by atoms with Gasteiger partial charge in [0.15, 0.2) is 0 Å². The number of amides is 1. The number of ether oxygens (including phenoxy) is 1. The summed E-state index contributed by atoms with van der Waals surface area (Å²) in [6.07, 6.45) is 3.49. The maximum absolute atomic E-state index is 13.0. The standard InChI is InChI=1S/C22H20F2N4O2/c1-14(27-21(29)22(2,23)24)13-30-18-6-8-20-16(11-18)12-26-28(20)17-5-7-19-15(10-17)4-3-9-25-19/h3-12,14H,13H2,1-2H3,(H,27,29)/t14-/m0/s1. The number of pyridine rings is 1. The fourth-order valence-electron chi connectivity index (χ4n) is 3.11. The molecule has 0 unspecified atom stereocenters. The molecule has 0 aliphatic carbocycles. The molecule has 4 aromatic rings. The smallest absolute Gasteiger partial charge is 0.321 e. The molecule has 0 radical (unpaired) electrons. The Morgan fingerprint density at radius 3 is 2.83 bits per heavy atom. The zero-order chi connectivity index (χ0) is 21.3. The minimum absolute atomic E-state index is 0.0686. The van der Waals surface area contributed by atoms with Crippen LogP contribution >= 0.6 is 0 Å². The minimum Gasteiger partial charge on any atom is -0.491 e. The molecule has 154 valence electrons. The van der Waals surface area contributed by atoms with Crippen LogP contribution in [-0.2, 0) is 4.79 Å². The van der Waals surface area contributed by atoms with Crippen molar-refractivity contribution >= 4 is 27.7 Å². The van der Waals surface area contributed by atoms with Crippen molar-refractivity contribution in [1.29, 1.82) is 0 Å². The van der Waals surface area contributed by atoms with E-state index >= 15 is 0 Å². The van der Waals surface area contributed by atoms with E-state index in [4.69, 9.17) is 4.74 Å². The lowest BCUT2D eigenvalue weighted by molar-refractivity contribution is -0.143. The largest absolute Gasteiger partial charge is 0.491 e. The number of nitrogens with zero attached hydrogens (tertiary/aromatic N) is 3. The normalized spacial score (nSPS) is 12.8. The Kier molecular flexibility index (Phi) is 5.07. The topological polar surface area (TPSA) is 69.0 Å². The second-order valence-electron chi connectivity index (χ2n) is 7.23. The Morgan fingerprint density at radius 1 is 1.20 bits per heavy atom. The van der Waals surface area contributed by atoms with Crippen LogP contribution < -0.4 is 10.1 Å². The highest BCUT2D eigenvalue weighted by Gasteiger charge is 2.32. The van der Waals surface area contributed by atoms with Crippen molar-refractivity contribution in [3.8, 4) is 11.4 Å². The number of fused-ring (bicyclic) bond motifs is 2. The molecule has 0 saturated carbocycles. The summed E-state index contributed by atoms with van der Waals surface area (Å²) in [6.45, 7) is 2.24. The van der Waals surface area contributed by atoms with E-state index in [9.17, 15) is 13.6 Å². The van der Waals surface area contributed by atoms with Crippen molar-refractivity contribution in [3.63, 3.8) is 0 Å². The van der Waals surface area contributed by atoms with Gasteiger partial charge in [0.25, 0.3) is 5.91 Å². The lowest BCUT2D eigenvalue weighted by atomic mass is 10.2. The number of aromatic nitrogens is 3. The lowest BCUT2D eigenvalue weighted by Crippen LogP contribution is -2.44. The molecule has 0 fully saturated rings. The number of hydrogen-bond acceptors (Lipinski definition) is 4. The van der Waals surface area contributed by atoms with Gasteiger partial charge in [-0.15, -0.1) is 0 Å². The van der Waals surface area contributed by atoms with E-state index in [-0.39, 0.29) is 6.61 Å². The summed E-state index contributed by atoms with van der Waals surface area (Å²) >= 11 is 0. The SMILES string of the molecule is C[C@@H](COc1ccc2c(cnn2-c2ccc3ncccc3c2)c1)NC(=O)C(C)(F)F. The molecule has 1 amide bonds. The Bertz CT molecular complexity index is 1220. The van der Waals surface area contributed by atoms with Crippen molar-refractivity contribution in [2.24, 2.45) is 0 Å². The summed E-state index contributed by atoms with van der Waals surface area (Å²) in [6, 6.07) is 14.7. The van der Waals surface area contributed by atoms with Crippen LogP contribution in [-0.4, -0.2) is 39.2 Å². The molecule has 2 aromatic heterocycles. The van der Waals surface area contributed by atoms with Gasteiger partial charge in [0.2, 0.25) is 0 Å². The highest BCUT2D eigenvalue weighted by Crippen LogP contribution is 2.25. The van der Waals surface area contributed by atoms with E-state index in [0.29, 0.717) is 12.7 Å². The van der Waals surface area contributed by atoms with Crippen molar-refractivity contribution < 1.29 is 18.3 Å². The van der Waals surface area contributed by atoms with E-state index in [1.54, 1.807) is 25.4 Å². The monoisotopic (exact) mass is 410 g/mol. The minimum atomic E-state index is -3.42. The molecule has 0 bridgehead atoms. The summed E-state index contributed by atoms with van der Waals surface area (Å²) in [5.74, 6) is -4.17. The van der Waals surface area contributed by atoms with Gasteiger partial charge in [-0.3, -0.25) is 9.78 Å². The first-order chi connectivity index (χ1) is 14.3. The van der Waals surface area contributed by atoms with Gasteiger partial charge in [-0.05, 0) is 49.4 Å². The molecule has 0 saturated heterocycles. The van der Waals surface area contributed by atoms with Crippen molar-refractivity contribution in [2.45, 2.75) is 25.8 Å². The first kappa shape index (κ1) is 19.8. The van der Waals surface area contributed by atoms with Gasteiger partial charge >= 0.3 is 5.92 Å². The molecule has 30 heavy (non-hydrogen) atoms. The van der Waals surface area contributed by atoms with Crippen LogP contribution in [0.15, 0.2) is 60.9 Å². The van der Waals surface area contributed by atoms with E-state index in [1.165, 1.54) is 0 Å². The molecule has 2 heterocycles. The maximum Gasteiger partial charge on any atom is 0.321 e. The van der Waals surface area contributed by atoms with Crippen LogP contribution in [0, 0.1) is 0 Å². The highest BCUT2D eigenvalue weighted by atomic mass is 19.3. The predicted octanol–water partition coefficient (Wildman–Crippen LogP) is 4.11. The van der Waals surface area contributed by atoms with Gasteiger partial charge in [-0.2, -0.15) is 13.9 Å². The predicted molar refractivity (Wildman–Crippen MR) is 110 cm³/mol. The second-order valence-corrected chi connectivity index (χ2v) is 7.23. The molecule has 0 aliphatic heterocycles. The van der Waals surface area contributed by atoms with Gasteiger partial charge < -0.3 is 10.1 Å². The second kappa shape index (κ2) is 7.70. The van der Waals surface area contributed by atoms with E-state index in [2.05, 4.69) is 15.4 Å². The Labute approximate surface area is 171 Å². The van der Waals surface area contributed by atoms with Gasteiger partial charge in [-0.1, -0.05) is 6.07 Å². The number of hydrogen-bond donors (Lipinski definition) is 1. The van der Waals surface area contributed by atoms with Crippen LogP contribution in [0.4, 0.5) is 8.78 Å². The first-order valence-electron chi connectivity index (χ1n) is 9.46. The highest BCUT2D eigenvalue weighted by molar-refractivity contribution is 5.85. The molecule has 1 N–H and O–H groups in total. The van der Waals surface area contributed by atoms with E-state index < -0.39 is 17.9 Å². The van der Waals surface area contributed by atoms with Crippen LogP contribution in [0.5, 0.6) is 5.75 Å². The van der Waals surface area contributed by atoms with Gasteiger partial charge in [-0.25, -0.2) is 4.68 Å². The number of benzene rings is 2. The first-order valence-corrected chi connectivity index (χ1v) is 9.46.